The van der Waals surface area contributed by atoms with Gasteiger partial charge in [-0.2, -0.15) is 0 Å². The van der Waals surface area contributed by atoms with E-state index in [9.17, 15) is 9.59 Å². The van der Waals surface area contributed by atoms with Crippen LogP contribution in [0.3, 0.4) is 0 Å². The second-order valence-corrected chi connectivity index (χ2v) is 8.74. The summed E-state index contributed by atoms with van der Waals surface area (Å²) in [5.74, 6) is 0. The largest absolute Gasteiger partial charge is 0.329 e. The molecule has 0 aliphatic heterocycles. The minimum absolute atomic E-state index is 0.0317. The molecule has 0 aliphatic rings. The molecule has 4 rings (SSSR count). The molecular weight excluding hydrogens is 470 g/mol. The molecule has 0 saturated heterocycles. The Labute approximate surface area is 194 Å². The molecule has 0 saturated carbocycles. The summed E-state index contributed by atoms with van der Waals surface area (Å²) in [6.07, 6.45) is 1.59. The Morgan fingerprint density at radius 3 is 2.25 bits per heavy atom. The van der Waals surface area contributed by atoms with Gasteiger partial charge >= 0.3 is 5.69 Å². The average molecular weight is 496 g/mol. The Bertz CT molecular complexity index is 1480. The number of halogens is 1. The third-order valence-electron chi connectivity index (χ3n) is 5.92. The predicted octanol–water partition coefficient (Wildman–Crippen LogP) is 4.76. The highest BCUT2D eigenvalue weighted by molar-refractivity contribution is 9.10. The van der Waals surface area contributed by atoms with Crippen molar-refractivity contribution in [3.8, 4) is 5.69 Å². The van der Waals surface area contributed by atoms with E-state index in [0.717, 1.165) is 32.5 Å². The molecule has 7 nitrogen and oxygen atoms in total. The molecule has 1 N–H and O–H groups in total. The van der Waals surface area contributed by atoms with Gasteiger partial charge in [-0.3, -0.25) is 24.0 Å². The number of nitrogens with zero attached hydrogens (tertiary/aromatic N) is 4. The van der Waals surface area contributed by atoms with Crippen LogP contribution >= 0.6 is 15.9 Å². The van der Waals surface area contributed by atoms with Crippen LogP contribution in [0.2, 0.25) is 0 Å². The van der Waals surface area contributed by atoms with E-state index in [1.807, 2.05) is 65.0 Å². The first-order valence-corrected chi connectivity index (χ1v) is 11.4. The van der Waals surface area contributed by atoms with Gasteiger partial charge in [0.05, 0.1) is 28.0 Å². The van der Waals surface area contributed by atoms with Gasteiger partial charge in [0, 0.05) is 29.5 Å². The minimum atomic E-state index is -0.158. The van der Waals surface area contributed by atoms with Crippen molar-refractivity contribution in [2.75, 3.05) is 0 Å². The lowest BCUT2D eigenvalue weighted by Gasteiger charge is -2.05. The maximum Gasteiger partial charge on any atom is 0.329 e. The zero-order valence-corrected chi connectivity index (χ0v) is 20.4. The number of fused-ring (bicyclic) bond motifs is 1. The van der Waals surface area contributed by atoms with Crippen LogP contribution in [0.4, 0.5) is 5.69 Å². The van der Waals surface area contributed by atoms with E-state index < -0.39 is 0 Å². The summed E-state index contributed by atoms with van der Waals surface area (Å²) in [6.45, 7) is 11.0. The molecule has 0 bridgehead atoms. The van der Waals surface area contributed by atoms with Crippen molar-refractivity contribution in [1.82, 2.24) is 18.9 Å². The van der Waals surface area contributed by atoms with Crippen molar-refractivity contribution in [2.24, 2.45) is 4.99 Å². The normalized spacial score (nSPS) is 11.8. The fourth-order valence-electron chi connectivity index (χ4n) is 3.93. The van der Waals surface area contributed by atoms with Crippen LogP contribution in [0.1, 0.15) is 36.2 Å². The van der Waals surface area contributed by atoms with E-state index in [0.29, 0.717) is 24.3 Å². The van der Waals surface area contributed by atoms with Gasteiger partial charge in [-0.15, -0.1) is 0 Å². The first-order valence-electron chi connectivity index (χ1n) is 10.6. The van der Waals surface area contributed by atoms with Gasteiger partial charge in [0.25, 0.3) is 5.56 Å². The SMILES string of the molecule is CCn1c(=O)n(CC)c2cc(N=Cc3c(C)[nH]n(-c4ccc(C)c(C)c4)c3=O)c(Br)cc21. The second-order valence-electron chi connectivity index (χ2n) is 7.88. The molecule has 32 heavy (non-hydrogen) atoms. The summed E-state index contributed by atoms with van der Waals surface area (Å²) in [4.78, 5) is 30.3. The highest BCUT2D eigenvalue weighted by Crippen LogP contribution is 2.30. The van der Waals surface area contributed by atoms with Gasteiger partial charge in [0.1, 0.15) is 0 Å². The van der Waals surface area contributed by atoms with Crippen LogP contribution < -0.4 is 11.2 Å². The molecular formula is C24H26BrN5O2. The molecule has 0 aliphatic carbocycles. The topological polar surface area (TPSA) is 77.1 Å². The number of aromatic nitrogens is 4. The van der Waals surface area contributed by atoms with Gasteiger partial charge in [0.2, 0.25) is 0 Å². The summed E-state index contributed by atoms with van der Waals surface area (Å²) in [5.41, 5.74) is 6.47. The summed E-state index contributed by atoms with van der Waals surface area (Å²) >= 11 is 3.57. The Kier molecular flexibility index (Phi) is 5.81. The lowest BCUT2D eigenvalue weighted by molar-refractivity contribution is 0.671. The van der Waals surface area contributed by atoms with E-state index in [4.69, 9.17) is 0 Å². The number of aromatic amines is 1. The van der Waals surface area contributed by atoms with Crippen molar-refractivity contribution in [3.05, 3.63) is 78.0 Å². The van der Waals surface area contributed by atoms with Crippen LogP contribution in [0, 0.1) is 20.8 Å². The smallest absolute Gasteiger partial charge is 0.295 e. The fourth-order valence-corrected chi connectivity index (χ4v) is 4.36. The van der Waals surface area contributed by atoms with Crippen molar-refractivity contribution in [3.63, 3.8) is 0 Å². The molecule has 0 spiro atoms. The molecule has 0 unspecified atom stereocenters. The highest BCUT2D eigenvalue weighted by Gasteiger charge is 2.15. The number of H-pyrrole nitrogens is 1. The third-order valence-corrected chi connectivity index (χ3v) is 6.55. The lowest BCUT2D eigenvalue weighted by atomic mass is 10.1. The van der Waals surface area contributed by atoms with Crippen LogP contribution in [-0.2, 0) is 13.1 Å². The maximum atomic E-state index is 13.1. The quantitative estimate of drug-likeness (QED) is 0.405. The number of hydrogen-bond acceptors (Lipinski definition) is 3. The van der Waals surface area contributed by atoms with Crippen molar-refractivity contribution in [1.29, 1.82) is 0 Å². The summed E-state index contributed by atoms with van der Waals surface area (Å²) in [6, 6.07) is 9.71. The van der Waals surface area contributed by atoms with Crippen molar-refractivity contribution < 1.29 is 0 Å². The van der Waals surface area contributed by atoms with Crippen LogP contribution in [0.15, 0.2) is 49.4 Å². The van der Waals surface area contributed by atoms with Crippen molar-refractivity contribution >= 4 is 38.9 Å². The Hall–Kier alpha value is -3.13. The maximum absolute atomic E-state index is 13.1. The fraction of sp³-hybridized carbons (Fsp3) is 0.292. The third kappa shape index (κ3) is 3.58. The molecule has 2 heterocycles. The van der Waals surface area contributed by atoms with Gasteiger partial charge in [-0.05, 0) is 85.9 Å². The summed E-state index contributed by atoms with van der Waals surface area (Å²) < 4.78 is 5.78. The standard InChI is InChI=1S/C24H26BrN5O2/c1-6-28-21-11-19(25)20(12-22(21)29(7-2)24(28)32)26-13-18-16(5)27-30(23(18)31)17-9-8-14(3)15(4)10-17/h8-13,27H,6-7H2,1-5H3. The predicted molar refractivity (Wildman–Crippen MR) is 133 cm³/mol. The zero-order chi connectivity index (χ0) is 23.2. The Balaban J connectivity index is 1.79. The number of rotatable bonds is 5. The molecule has 0 fully saturated rings. The lowest BCUT2D eigenvalue weighted by Crippen LogP contribution is -2.22. The number of hydrogen-bond donors (Lipinski definition) is 1. The van der Waals surface area contributed by atoms with E-state index in [1.54, 1.807) is 15.3 Å². The Morgan fingerprint density at radius 2 is 1.62 bits per heavy atom. The number of benzene rings is 2. The van der Waals surface area contributed by atoms with Gasteiger partial charge in [-0.1, -0.05) is 6.07 Å². The molecule has 0 atom stereocenters. The number of nitrogens with one attached hydrogen (secondary N) is 1. The van der Waals surface area contributed by atoms with Crippen LogP contribution in [-0.4, -0.2) is 25.1 Å². The van der Waals surface area contributed by atoms with E-state index >= 15 is 0 Å². The zero-order valence-electron chi connectivity index (χ0n) is 18.9. The monoisotopic (exact) mass is 495 g/mol. The average Bonchev–Trinajstić information content (AvgIpc) is 3.19. The number of aliphatic imine (C=N–C) groups is 1. The molecule has 2 aromatic heterocycles. The number of imidazole rings is 1. The van der Waals surface area contributed by atoms with Crippen molar-refractivity contribution in [2.45, 2.75) is 47.7 Å². The molecule has 0 radical (unpaired) electrons. The van der Waals surface area contributed by atoms with E-state index in [-0.39, 0.29) is 11.2 Å². The molecule has 4 aromatic rings. The second kappa shape index (κ2) is 8.43. The van der Waals surface area contributed by atoms with Crippen LogP contribution in [0.5, 0.6) is 0 Å². The van der Waals surface area contributed by atoms with Gasteiger partial charge < -0.3 is 0 Å². The summed E-state index contributed by atoms with van der Waals surface area (Å²) in [5, 5.41) is 3.15. The van der Waals surface area contributed by atoms with E-state index in [2.05, 4.69) is 26.0 Å². The molecule has 0 amide bonds. The van der Waals surface area contributed by atoms with Gasteiger partial charge in [-0.25, -0.2) is 9.48 Å². The van der Waals surface area contributed by atoms with Crippen LogP contribution in [0.25, 0.3) is 16.7 Å². The van der Waals surface area contributed by atoms with E-state index in [1.165, 1.54) is 10.2 Å². The molecule has 2 aromatic carbocycles. The minimum Gasteiger partial charge on any atom is -0.295 e. The summed E-state index contributed by atoms with van der Waals surface area (Å²) in [7, 11) is 0. The first kappa shape index (κ1) is 22.1. The number of aryl methyl sites for hydroxylation is 5. The molecule has 8 heteroatoms. The highest BCUT2D eigenvalue weighted by atomic mass is 79.9. The van der Waals surface area contributed by atoms with Gasteiger partial charge in [0.15, 0.2) is 0 Å². The Morgan fingerprint density at radius 1 is 0.969 bits per heavy atom. The first-order chi connectivity index (χ1) is 15.3. The molecule has 166 valence electrons.